The number of methoxy groups -OCH3 is 1. The van der Waals surface area contributed by atoms with Gasteiger partial charge in [-0.1, -0.05) is 11.3 Å². The van der Waals surface area contributed by atoms with Gasteiger partial charge in [-0.15, -0.1) is 0 Å². The average molecular weight is 306 g/mol. The summed E-state index contributed by atoms with van der Waals surface area (Å²) >= 11 is 1.18. The van der Waals surface area contributed by atoms with Gasteiger partial charge < -0.3 is 19.8 Å². The van der Waals surface area contributed by atoms with Crippen LogP contribution in [0.2, 0.25) is 0 Å². The summed E-state index contributed by atoms with van der Waals surface area (Å²) in [4.78, 5) is 13.8. The van der Waals surface area contributed by atoms with E-state index in [1.54, 1.807) is 7.11 Å². The van der Waals surface area contributed by atoms with Gasteiger partial charge in [0.1, 0.15) is 17.6 Å². The minimum atomic E-state index is -0.0238. The van der Waals surface area contributed by atoms with Crippen molar-refractivity contribution < 1.29 is 9.47 Å². The van der Waals surface area contributed by atoms with Gasteiger partial charge in [-0.25, -0.2) is 0 Å². The van der Waals surface area contributed by atoms with Crippen molar-refractivity contribution >= 4 is 11.3 Å². The molecule has 2 heterocycles. The summed E-state index contributed by atoms with van der Waals surface area (Å²) in [5.41, 5.74) is 3.16. The lowest BCUT2D eigenvalue weighted by molar-refractivity contribution is 0.254. The van der Waals surface area contributed by atoms with Crippen LogP contribution in [0.1, 0.15) is 23.7 Å². The summed E-state index contributed by atoms with van der Waals surface area (Å²) in [5.74, 6) is 1.82. The SMILES string of the molecule is COc1cc2c(cc1CNCc1csc(=O)[nH]1)OC(C)C2. The van der Waals surface area contributed by atoms with Crippen LogP contribution < -0.4 is 19.7 Å². The van der Waals surface area contributed by atoms with Crippen LogP contribution >= 0.6 is 11.3 Å². The van der Waals surface area contributed by atoms with Crippen LogP contribution in [0.3, 0.4) is 0 Å². The van der Waals surface area contributed by atoms with Gasteiger partial charge in [-0.2, -0.15) is 0 Å². The minimum absolute atomic E-state index is 0.0238. The molecule has 1 aliphatic heterocycles. The fraction of sp³-hybridized carbons (Fsp3) is 0.400. The van der Waals surface area contributed by atoms with Crippen molar-refractivity contribution in [2.75, 3.05) is 7.11 Å². The van der Waals surface area contributed by atoms with Crippen molar-refractivity contribution in [2.24, 2.45) is 0 Å². The van der Waals surface area contributed by atoms with Crippen molar-refractivity contribution in [3.63, 3.8) is 0 Å². The fourth-order valence-electron chi connectivity index (χ4n) is 2.54. The van der Waals surface area contributed by atoms with Gasteiger partial charge in [-0.05, 0) is 19.1 Å². The Morgan fingerprint density at radius 3 is 3.05 bits per heavy atom. The van der Waals surface area contributed by atoms with Crippen LogP contribution in [0.4, 0.5) is 0 Å². The zero-order valence-corrected chi connectivity index (χ0v) is 12.9. The van der Waals surface area contributed by atoms with E-state index in [0.29, 0.717) is 13.1 Å². The van der Waals surface area contributed by atoms with Gasteiger partial charge in [0.05, 0.1) is 7.11 Å². The van der Waals surface area contributed by atoms with E-state index in [1.165, 1.54) is 16.9 Å². The largest absolute Gasteiger partial charge is 0.496 e. The molecule has 0 saturated carbocycles. The molecule has 1 aromatic heterocycles. The van der Waals surface area contributed by atoms with Crippen LogP contribution in [0.15, 0.2) is 22.3 Å². The molecule has 1 aliphatic rings. The molecule has 1 aromatic carbocycles. The lowest BCUT2D eigenvalue weighted by Gasteiger charge is -2.11. The first-order valence-corrected chi connectivity index (χ1v) is 7.77. The average Bonchev–Trinajstić information content (AvgIpc) is 3.02. The lowest BCUT2D eigenvalue weighted by atomic mass is 10.1. The normalized spacial score (nSPS) is 16.6. The summed E-state index contributed by atoms with van der Waals surface area (Å²) in [5, 5.41) is 5.14. The molecular formula is C15H18N2O3S. The molecule has 0 radical (unpaired) electrons. The Balaban J connectivity index is 1.70. The number of nitrogens with one attached hydrogen (secondary N) is 2. The monoisotopic (exact) mass is 306 g/mol. The number of ether oxygens (including phenoxy) is 2. The number of thiazole rings is 1. The molecule has 6 heteroatoms. The van der Waals surface area contributed by atoms with Crippen LogP contribution in [0.25, 0.3) is 0 Å². The van der Waals surface area contributed by atoms with Crippen LogP contribution in [0, 0.1) is 0 Å². The molecule has 2 aromatic rings. The van der Waals surface area contributed by atoms with Gasteiger partial charge >= 0.3 is 4.87 Å². The molecule has 0 saturated heterocycles. The quantitative estimate of drug-likeness (QED) is 0.887. The molecule has 0 bridgehead atoms. The van der Waals surface area contributed by atoms with Crippen molar-refractivity contribution in [3.05, 3.63) is 44.0 Å². The molecule has 0 amide bonds. The fourth-order valence-corrected chi connectivity index (χ4v) is 3.12. The van der Waals surface area contributed by atoms with Crippen LogP contribution in [-0.4, -0.2) is 18.2 Å². The lowest BCUT2D eigenvalue weighted by Crippen LogP contribution is -2.14. The summed E-state index contributed by atoms with van der Waals surface area (Å²) < 4.78 is 11.2. The molecule has 5 nitrogen and oxygen atoms in total. The number of rotatable bonds is 5. The van der Waals surface area contributed by atoms with Gasteiger partial charge in [0.15, 0.2) is 0 Å². The summed E-state index contributed by atoms with van der Waals surface area (Å²) in [6.45, 7) is 3.35. The van der Waals surface area contributed by atoms with E-state index in [1.807, 2.05) is 11.4 Å². The molecule has 2 N–H and O–H groups in total. The van der Waals surface area contributed by atoms with Gasteiger partial charge in [-0.3, -0.25) is 4.79 Å². The summed E-state index contributed by atoms with van der Waals surface area (Å²) in [6, 6.07) is 4.10. The standard InChI is InChI=1S/C15H18N2O3S/c1-9-3-10-4-13(19-2)11(5-14(10)20-9)6-16-7-12-8-21-15(18)17-12/h4-5,8-9,16H,3,6-7H2,1-2H3,(H,17,18). The molecule has 0 spiro atoms. The van der Waals surface area contributed by atoms with Crippen LogP contribution in [0.5, 0.6) is 11.5 Å². The first kappa shape index (κ1) is 14.2. The smallest absolute Gasteiger partial charge is 0.304 e. The number of H-pyrrole nitrogens is 1. The van der Waals surface area contributed by atoms with Crippen molar-refractivity contribution in [1.29, 1.82) is 0 Å². The third kappa shape index (κ3) is 3.11. The Morgan fingerprint density at radius 1 is 1.48 bits per heavy atom. The van der Waals surface area contributed by atoms with E-state index in [0.717, 1.165) is 29.2 Å². The molecule has 112 valence electrons. The van der Waals surface area contributed by atoms with E-state index in [9.17, 15) is 4.79 Å². The van der Waals surface area contributed by atoms with E-state index in [-0.39, 0.29) is 11.0 Å². The van der Waals surface area contributed by atoms with Gasteiger partial charge in [0, 0.05) is 41.7 Å². The third-order valence-corrected chi connectivity index (χ3v) is 4.22. The Hall–Kier alpha value is -1.79. The van der Waals surface area contributed by atoms with E-state index in [4.69, 9.17) is 9.47 Å². The molecule has 3 rings (SSSR count). The molecule has 0 aliphatic carbocycles. The highest BCUT2D eigenvalue weighted by Crippen LogP contribution is 2.34. The van der Waals surface area contributed by atoms with Gasteiger partial charge in [0.2, 0.25) is 0 Å². The second-order valence-electron chi connectivity index (χ2n) is 5.18. The number of aromatic nitrogens is 1. The molecular weight excluding hydrogens is 288 g/mol. The highest BCUT2D eigenvalue weighted by Gasteiger charge is 2.21. The minimum Gasteiger partial charge on any atom is -0.496 e. The molecule has 21 heavy (non-hydrogen) atoms. The predicted octanol–water partition coefficient (Wildman–Crippen LogP) is 2.06. The van der Waals surface area contributed by atoms with Crippen molar-refractivity contribution in [1.82, 2.24) is 10.3 Å². The number of benzene rings is 1. The summed E-state index contributed by atoms with van der Waals surface area (Å²) in [6.07, 6.45) is 1.15. The Bertz CT molecular complexity index is 692. The number of fused-ring (bicyclic) bond motifs is 1. The van der Waals surface area contributed by atoms with Crippen molar-refractivity contribution in [3.8, 4) is 11.5 Å². The van der Waals surface area contributed by atoms with Crippen LogP contribution in [-0.2, 0) is 19.5 Å². The zero-order valence-electron chi connectivity index (χ0n) is 12.1. The first-order chi connectivity index (χ1) is 10.2. The number of aromatic amines is 1. The van der Waals surface area contributed by atoms with E-state index < -0.39 is 0 Å². The highest BCUT2D eigenvalue weighted by atomic mass is 32.1. The Morgan fingerprint density at radius 2 is 2.33 bits per heavy atom. The molecule has 1 atom stereocenters. The highest BCUT2D eigenvalue weighted by molar-refractivity contribution is 7.07. The second kappa shape index (κ2) is 5.91. The van der Waals surface area contributed by atoms with Gasteiger partial charge in [0.25, 0.3) is 0 Å². The maximum atomic E-state index is 11.1. The van der Waals surface area contributed by atoms with Crippen molar-refractivity contribution in [2.45, 2.75) is 32.5 Å². The summed E-state index contributed by atoms with van der Waals surface area (Å²) in [7, 11) is 1.68. The third-order valence-electron chi connectivity index (χ3n) is 3.50. The molecule has 0 fully saturated rings. The maximum absolute atomic E-state index is 11.1. The maximum Gasteiger partial charge on any atom is 0.304 e. The predicted molar refractivity (Wildman–Crippen MR) is 82.3 cm³/mol. The second-order valence-corrected chi connectivity index (χ2v) is 6.02. The van der Waals surface area contributed by atoms with E-state index >= 15 is 0 Å². The first-order valence-electron chi connectivity index (χ1n) is 6.89. The Kier molecular flexibility index (Phi) is 3.98. The number of hydrogen-bond donors (Lipinski definition) is 2. The Labute approximate surface area is 126 Å². The molecule has 1 unspecified atom stereocenters. The topological polar surface area (TPSA) is 63.3 Å². The zero-order chi connectivity index (χ0) is 14.8. The number of hydrogen-bond acceptors (Lipinski definition) is 5. The van der Waals surface area contributed by atoms with E-state index in [2.05, 4.69) is 23.3 Å².